The molecule has 0 aliphatic carbocycles. The molecule has 5 nitrogen and oxygen atoms in total. The first-order valence-corrected chi connectivity index (χ1v) is 8.33. The van der Waals surface area contributed by atoms with Crippen LogP contribution in [0.3, 0.4) is 0 Å². The molecule has 1 aromatic heterocycles. The van der Waals surface area contributed by atoms with E-state index in [9.17, 15) is 9.90 Å². The molecule has 5 heteroatoms. The van der Waals surface area contributed by atoms with Crippen molar-refractivity contribution in [2.75, 3.05) is 7.11 Å². The molecule has 1 unspecified atom stereocenters. The van der Waals surface area contributed by atoms with E-state index in [1.807, 2.05) is 49.7 Å². The number of benzene rings is 2. The zero-order valence-corrected chi connectivity index (χ0v) is 14.8. The third-order valence-corrected chi connectivity index (χ3v) is 4.96. The lowest BCUT2D eigenvalue weighted by atomic mass is 9.89. The van der Waals surface area contributed by atoms with Crippen LogP contribution < -0.4 is 14.9 Å². The van der Waals surface area contributed by atoms with Crippen LogP contribution in [0.1, 0.15) is 31.9 Å². The SMILES string of the molecule is COc1cc2c(c3c1c(=O)c1ccccc1n3C)C(O)CC(C)(C)O2. The van der Waals surface area contributed by atoms with E-state index >= 15 is 0 Å². The summed E-state index contributed by atoms with van der Waals surface area (Å²) in [4.78, 5) is 13.1. The van der Waals surface area contributed by atoms with Gasteiger partial charge in [-0.1, -0.05) is 12.1 Å². The first-order valence-electron chi connectivity index (χ1n) is 8.33. The molecule has 1 atom stereocenters. The Morgan fingerprint density at radius 3 is 2.76 bits per heavy atom. The van der Waals surface area contributed by atoms with Gasteiger partial charge < -0.3 is 19.1 Å². The van der Waals surface area contributed by atoms with E-state index in [0.29, 0.717) is 39.8 Å². The second kappa shape index (κ2) is 5.23. The number of aromatic nitrogens is 1. The quantitative estimate of drug-likeness (QED) is 0.691. The Kier molecular flexibility index (Phi) is 3.34. The highest BCUT2D eigenvalue weighted by atomic mass is 16.5. The average Bonchev–Trinajstić information content (AvgIpc) is 2.57. The van der Waals surface area contributed by atoms with Gasteiger partial charge in [0.05, 0.1) is 29.6 Å². The number of ether oxygens (including phenoxy) is 2. The minimum absolute atomic E-state index is 0.0969. The van der Waals surface area contributed by atoms with Crippen molar-refractivity contribution >= 4 is 21.8 Å². The molecule has 1 aliphatic rings. The number of aliphatic hydroxyl groups is 1. The maximum Gasteiger partial charge on any atom is 0.200 e. The number of methoxy groups -OCH3 is 1. The minimum atomic E-state index is -0.709. The fourth-order valence-electron chi connectivity index (χ4n) is 3.89. The van der Waals surface area contributed by atoms with Crippen LogP contribution >= 0.6 is 0 Å². The Hall–Kier alpha value is -2.53. The number of pyridine rings is 1. The zero-order valence-electron chi connectivity index (χ0n) is 14.8. The Morgan fingerprint density at radius 2 is 2.04 bits per heavy atom. The minimum Gasteiger partial charge on any atom is -0.496 e. The second-order valence-corrected chi connectivity index (χ2v) is 7.20. The van der Waals surface area contributed by atoms with Crippen LogP contribution in [0.4, 0.5) is 0 Å². The third kappa shape index (κ3) is 2.23. The van der Waals surface area contributed by atoms with Gasteiger partial charge >= 0.3 is 0 Å². The monoisotopic (exact) mass is 339 g/mol. The maximum atomic E-state index is 13.1. The van der Waals surface area contributed by atoms with Gasteiger partial charge in [0.25, 0.3) is 0 Å². The highest BCUT2D eigenvalue weighted by Crippen LogP contribution is 2.46. The molecule has 25 heavy (non-hydrogen) atoms. The Morgan fingerprint density at radius 1 is 1.32 bits per heavy atom. The van der Waals surface area contributed by atoms with E-state index in [2.05, 4.69) is 0 Å². The summed E-state index contributed by atoms with van der Waals surface area (Å²) in [6, 6.07) is 9.18. The fraction of sp³-hybridized carbons (Fsp3) is 0.350. The lowest BCUT2D eigenvalue weighted by Gasteiger charge is -2.36. The van der Waals surface area contributed by atoms with Crippen LogP contribution in [0.25, 0.3) is 21.8 Å². The van der Waals surface area contributed by atoms with Crippen molar-refractivity contribution in [3.05, 3.63) is 46.1 Å². The fourth-order valence-corrected chi connectivity index (χ4v) is 3.89. The second-order valence-electron chi connectivity index (χ2n) is 7.20. The number of aryl methyl sites for hydroxylation is 1. The Bertz CT molecular complexity index is 1060. The predicted molar refractivity (Wildman–Crippen MR) is 97.5 cm³/mol. The molecule has 130 valence electrons. The van der Waals surface area contributed by atoms with Crippen molar-refractivity contribution in [3.8, 4) is 11.5 Å². The standard InChI is InChI=1S/C20H21NO4/c1-20(2)10-13(22)16-15(25-20)9-14(24-4)17-18(16)21(3)12-8-6-5-7-11(12)19(17)23/h5-9,13,22H,10H2,1-4H3. The summed E-state index contributed by atoms with van der Waals surface area (Å²) in [6.07, 6.45) is -0.249. The largest absolute Gasteiger partial charge is 0.496 e. The number of rotatable bonds is 1. The topological polar surface area (TPSA) is 60.7 Å². The first-order chi connectivity index (χ1) is 11.8. The van der Waals surface area contributed by atoms with Crippen LogP contribution in [0.15, 0.2) is 35.1 Å². The smallest absolute Gasteiger partial charge is 0.200 e. The Labute approximate surface area is 145 Å². The molecule has 3 aromatic rings. The lowest BCUT2D eigenvalue weighted by Crippen LogP contribution is -2.35. The lowest BCUT2D eigenvalue weighted by molar-refractivity contribution is 0.0122. The van der Waals surface area contributed by atoms with Gasteiger partial charge in [-0.2, -0.15) is 0 Å². The molecule has 0 bridgehead atoms. The Balaban J connectivity index is 2.25. The van der Waals surface area contributed by atoms with Gasteiger partial charge in [-0.3, -0.25) is 4.79 Å². The molecule has 0 radical (unpaired) electrons. The number of aliphatic hydroxyl groups excluding tert-OH is 1. The number of fused-ring (bicyclic) bond motifs is 4. The van der Waals surface area contributed by atoms with Gasteiger partial charge in [0.15, 0.2) is 0 Å². The van der Waals surface area contributed by atoms with Crippen molar-refractivity contribution < 1.29 is 14.6 Å². The van der Waals surface area contributed by atoms with Gasteiger partial charge in [-0.05, 0) is 26.0 Å². The van der Waals surface area contributed by atoms with Crippen molar-refractivity contribution in [1.82, 2.24) is 4.57 Å². The number of para-hydroxylation sites is 1. The third-order valence-electron chi connectivity index (χ3n) is 4.96. The van der Waals surface area contributed by atoms with Crippen LogP contribution in [0, 0.1) is 0 Å². The van der Waals surface area contributed by atoms with Crippen LogP contribution in [0.5, 0.6) is 11.5 Å². The predicted octanol–water partition coefficient (Wildman–Crippen LogP) is 3.29. The summed E-state index contributed by atoms with van der Waals surface area (Å²) in [5.74, 6) is 1.03. The number of hydrogen-bond donors (Lipinski definition) is 1. The molecule has 0 saturated carbocycles. The normalized spacial score (nSPS) is 18.8. The van der Waals surface area contributed by atoms with Gasteiger partial charge in [0.2, 0.25) is 5.43 Å². The van der Waals surface area contributed by atoms with Crippen LogP contribution in [-0.4, -0.2) is 22.4 Å². The van der Waals surface area contributed by atoms with E-state index in [1.165, 1.54) is 0 Å². The van der Waals surface area contributed by atoms with Crippen LogP contribution in [0.2, 0.25) is 0 Å². The number of hydrogen-bond acceptors (Lipinski definition) is 4. The summed E-state index contributed by atoms with van der Waals surface area (Å²) in [5.41, 5.74) is 1.55. The first kappa shape index (κ1) is 16.0. The summed E-state index contributed by atoms with van der Waals surface area (Å²) < 4.78 is 13.5. The summed E-state index contributed by atoms with van der Waals surface area (Å²) in [6.45, 7) is 3.88. The molecule has 0 fully saturated rings. The van der Waals surface area contributed by atoms with Gasteiger partial charge in [-0.25, -0.2) is 0 Å². The average molecular weight is 339 g/mol. The maximum absolute atomic E-state index is 13.1. The molecule has 2 aromatic carbocycles. The zero-order chi connectivity index (χ0) is 17.9. The van der Waals surface area contributed by atoms with E-state index in [-0.39, 0.29) is 5.43 Å². The van der Waals surface area contributed by atoms with E-state index in [1.54, 1.807) is 13.2 Å². The van der Waals surface area contributed by atoms with E-state index < -0.39 is 11.7 Å². The van der Waals surface area contributed by atoms with Crippen molar-refractivity contribution in [3.63, 3.8) is 0 Å². The summed E-state index contributed by atoms with van der Waals surface area (Å²) in [5, 5.41) is 11.9. The van der Waals surface area contributed by atoms with Crippen LogP contribution in [-0.2, 0) is 7.05 Å². The number of nitrogens with zero attached hydrogens (tertiary/aromatic N) is 1. The molecule has 0 saturated heterocycles. The molecule has 0 amide bonds. The van der Waals surface area contributed by atoms with Gasteiger partial charge in [-0.15, -0.1) is 0 Å². The molecular weight excluding hydrogens is 318 g/mol. The van der Waals surface area contributed by atoms with E-state index in [0.717, 1.165) is 5.52 Å². The van der Waals surface area contributed by atoms with Crippen molar-refractivity contribution in [2.45, 2.75) is 32.0 Å². The highest BCUT2D eigenvalue weighted by molar-refractivity contribution is 5.99. The molecule has 2 heterocycles. The molecular formula is C20H21NO4. The van der Waals surface area contributed by atoms with Gasteiger partial charge in [0.1, 0.15) is 17.1 Å². The molecule has 1 N–H and O–H groups in total. The molecule has 4 rings (SSSR count). The van der Waals surface area contributed by atoms with Crippen molar-refractivity contribution in [1.29, 1.82) is 0 Å². The molecule has 1 aliphatic heterocycles. The summed E-state index contributed by atoms with van der Waals surface area (Å²) in [7, 11) is 3.44. The van der Waals surface area contributed by atoms with E-state index in [4.69, 9.17) is 9.47 Å². The van der Waals surface area contributed by atoms with Gasteiger partial charge in [0, 0.05) is 30.5 Å². The summed E-state index contributed by atoms with van der Waals surface area (Å²) >= 11 is 0. The molecule has 0 spiro atoms. The van der Waals surface area contributed by atoms with Crippen molar-refractivity contribution in [2.24, 2.45) is 7.05 Å². The highest BCUT2D eigenvalue weighted by Gasteiger charge is 2.36.